The molecule has 0 radical (unpaired) electrons. The van der Waals surface area contributed by atoms with Crippen LogP contribution in [0.15, 0.2) is 6.20 Å². The quantitative estimate of drug-likeness (QED) is 0.873. The van der Waals surface area contributed by atoms with Crippen molar-refractivity contribution in [1.82, 2.24) is 14.9 Å². The second kappa shape index (κ2) is 6.39. The zero-order chi connectivity index (χ0) is 17.2. The number of rotatable bonds is 3. The van der Waals surface area contributed by atoms with Crippen molar-refractivity contribution < 1.29 is 27.9 Å². The summed E-state index contributed by atoms with van der Waals surface area (Å²) in [6.07, 6.45) is -3.13. The highest BCUT2D eigenvalue weighted by atomic mass is 19.4. The molecule has 0 aromatic carbocycles. The van der Waals surface area contributed by atoms with E-state index in [-0.39, 0.29) is 17.8 Å². The third-order valence-corrected chi connectivity index (χ3v) is 3.55. The van der Waals surface area contributed by atoms with Crippen molar-refractivity contribution in [3.05, 3.63) is 17.6 Å². The minimum Gasteiger partial charge on any atom is -0.477 e. The van der Waals surface area contributed by atoms with Crippen molar-refractivity contribution >= 4 is 17.7 Å². The summed E-state index contributed by atoms with van der Waals surface area (Å²) in [5.41, 5.74) is -0.424. The van der Waals surface area contributed by atoms with E-state index in [9.17, 15) is 22.8 Å². The SMILES string of the molecule is CC(=O)N1CCC(Nc2nc(C(F)(F)F)ncc2C(=O)O)CC1. The van der Waals surface area contributed by atoms with Crippen LogP contribution in [0.5, 0.6) is 0 Å². The van der Waals surface area contributed by atoms with E-state index in [0.717, 1.165) is 0 Å². The maximum atomic E-state index is 12.7. The number of likely N-dealkylation sites (tertiary alicyclic amines) is 1. The molecule has 126 valence electrons. The number of amides is 1. The van der Waals surface area contributed by atoms with Gasteiger partial charge in [-0.25, -0.2) is 14.8 Å². The summed E-state index contributed by atoms with van der Waals surface area (Å²) in [6.45, 7) is 2.34. The van der Waals surface area contributed by atoms with Crippen LogP contribution in [0.4, 0.5) is 19.0 Å². The molecule has 10 heteroatoms. The average Bonchev–Trinajstić information content (AvgIpc) is 2.46. The van der Waals surface area contributed by atoms with Crippen LogP contribution in [0.2, 0.25) is 0 Å². The molecular formula is C13H15F3N4O3. The van der Waals surface area contributed by atoms with Crippen molar-refractivity contribution in [2.45, 2.75) is 32.0 Å². The molecule has 2 N–H and O–H groups in total. The van der Waals surface area contributed by atoms with Gasteiger partial charge in [0.25, 0.3) is 0 Å². The van der Waals surface area contributed by atoms with E-state index in [1.54, 1.807) is 4.90 Å². The van der Waals surface area contributed by atoms with Gasteiger partial charge in [-0.2, -0.15) is 13.2 Å². The van der Waals surface area contributed by atoms with Crippen LogP contribution in [-0.4, -0.2) is 51.0 Å². The Morgan fingerprint density at radius 3 is 2.43 bits per heavy atom. The number of nitrogens with one attached hydrogen (secondary N) is 1. The van der Waals surface area contributed by atoms with Crippen LogP contribution < -0.4 is 5.32 Å². The first-order valence-electron chi connectivity index (χ1n) is 6.88. The fourth-order valence-corrected chi connectivity index (χ4v) is 2.32. The van der Waals surface area contributed by atoms with Gasteiger partial charge >= 0.3 is 12.1 Å². The van der Waals surface area contributed by atoms with E-state index < -0.39 is 23.5 Å². The molecule has 2 rings (SSSR count). The number of carboxylic acid groups (broad SMARTS) is 1. The lowest BCUT2D eigenvalue weighted by Gasteiger charge is -2.32. The van der Waals surface area contributed by atoms with E-state index >= 15 is 0 Å². The maximum absolute atomic E-state index is 12.7. The van der Waals surface area contributed by atoms with E-state index in [0.29, 0.717) is 32.1 Å². The van der Waals surface area contributed by atoms with E-state index in [1.165, 1.54) is 6.92 Å². The van der Waals surface area contributed by atoms with Crippen molar-refractivity contribution in [2.24, 2.45) is 0 Å². The number of aromatic carboxylic acids is 1. The average molecular weight is 332 g/mol. The lowest BCUT2D eigenvalue weighted by atomic mass is 10.0. The summed E-state index contributed by atoms with van der Waals surface area (Å²) in [6, 6.07) is -0.264. The Bertz CT molecular complexity index is 613. The van der Waals surface area contributed by atoms with Crippen molar-refractivity contribution in [2.75, 3.05) is 18.4 Å². The van der Waals surface area contributed by atoms with Crippen LogP contribution in [0.3, 0.4) is 0 Å². The highest BCUT2D eigenvalue weighted by Crippen LogP contribution is 2.28. The molecule has 23 heavy (non-hydrogen) atoms. The number of hydrogen-bond acceptors (Lipinski definition) is 5. The summed E-state index contributed by atoms with van der Waals surface area (Å²) < 4.78 is 38.0. The molecular weight excluding hydrogens is 317 g/mol. The van der Waals surface area contributed by atoms with Gasteiger partial charge in [0.2, 0.25) is 11.7 Å². The lowest BCUT2D eigenvalue weighted by Crippen LogP contribution is -2.41. The molecule has 7 nitrogen and oxygen atoms in total. The Morgan fingerprint density at radius 2 is 1.96 bits per heavy atom. The third-order valence-electron chi connectivity index (χ3n) is 3.55. The predicted molar refractivity (Wildman–Crippen MR) is 72.9 cm³/mol. The standard InChI is InChI=1S/C13H15F3N4O3/c1-7(21)20-4-2-8(3-5-20)18-10-9(11(22)23)6-17-12(19-10)13(14,15)16/h6,8H,2-5H2,1H3,(H,22,23)(H,17,18,19). The molecule has 0 spiro atoms. The summed E-state index contributed by atoms with van der Waals surface area (Å²) in [5.74, 6) is -3.24. The number of halogens is 3. The second-order valence-electron chi connectivity index (χ2n) is 5.18. The molecule has 0 unspecified atom stereocenters. The third kappa shape index (κ3) is 4.08. The van der Waals surface area contributed by atoms with Gasteiger partial charge in [0.05, 0.1) is 0 Å². The van der Waals surface area contributed by atoms with Gasteiger partial charge in [-0.05, 0) is 12.8 Å². The number of aromatic nitrogens is 2. The van der Waals surface area contributed by atoms with Crippen LogP contribution in [0, 0.1) is 0 Å². The fraction of sp³-hybridized carbons (Fsp3) is 0.538. The first-order chi connectivity index (χ1) is 10.7. The van der Waals surface area contributed by atoms with Crippen molar-refractivity contribution in [3.8, 4) is 0 Å². The van der Waals surface area contributed by atoms with Gasteiger partial charge in [0.1, 0.15) is 11.4 Å². The van der Waals surface area contributed by atoms with Crippen LogP contribution in [0.1, 0.15) is 35.9 Å². The van der Waals surface area contributed by atoms with Crippen LogP contribution in [0.25, 0.3) is 0 Å². The minimum atomic E-state index is -4.76. The van der Waals surface area contributed by atoms with Gasteiger partial charge in [-0.1, -0.05) is 0 Å². The van der Waals surface area contributed by atoms with Crippen molar-refractivity contribution in [1.29, 1.82) is 0 Å². The second-order valence-corrected chi connectivity index (χ2v) is 5.18. The largest absolute Gasteiger partial charge is 0.477 e. The molecule has 1 aromatic heterocycles. The number of carbonyl (C=O) groups is 2. The molecule has 0 atom stereocenters. The zero-order valence-electron chi connectivity index (χ0n) is 12.2. The van der Waals surface area contributed by atoms with Gasteiger partial charge in [-0.15, -0.1) is 0 Å². The molecule has 1 aromatic rings. The summed E-state index contributed by atoms with van der Waals surface area (Å²) in [5, 5.41) is 11.8. The highest BCUT2D eigenvalue weighted by Gasteiger charge is 2.36. The zero-order valence-corrected chi connectivity index (χ0v) is 12.2. The molecule has 0 bridgehead atoms. The Balaban J connectivity index is 2.18. The monoisotopic (exact) mass is 332 g/mol. The van der Waals surface area contributed by atoms with Gasteiger partial charge < -0.3 is 15.3 Å². The Morgan fingerprint density at radius 1 is 1.35 bits per heavy atom. The Hall–Kier alpha value is -2.39. The minimum absolute atomic E-state index is 0.0731. The number of hydrogen-bond donors (Lipinski definition) is 2. The molecule has 1 aliphatic heterocycles. The predicted octanol–water partition coefficient (Wildman–Crippen LogP) is 1.62. The number of anilines is 1. The summed E-state index contributed by atoms with van der Waals surface area (Å²) >= 11 is 0. The maximum Gasteiger partial charge on any atom is 0.451 e. The first-order valence-corrected chi connectivity index (χ1v) is 6.88. The molecule has 1 aliphatic rings. The fourth-order valence-electron chi connectivity index (χ4n) is 2.32. The van der Waals surface area contributed by atoms with E-state index in [4.69, 9.17) is 5.11 Å². The van der Waals surface area contributed by atoms with Crippen LogP contribution in [-0.2, 0) is 11.0 Å². The number of nitrogens with zero attached hydrogens (tertiary/aromatic N) is 3. The molecule has 0 aliphatic carbocycles. The van der Waals surface area contributed by atoms with Crippen molar-refractivity contribution in [3.63, 3.8) is 0 Å². The Kier molecular flexibility index (Phi) is 4.71. The van der Waals surface area contributed by atoms with Gasteiger partial charge in [0.15, 0.2) is 0 Å². The number of piperidine rings is 1. The molecule has 1 saturated heterocycles. The lowest BCUT2D eigenvalue weighted by molar-refractivity contribution is -0.145. The van der Waals surface area contributed by atoms with Crippen LogP contribution >= 0.6 is 0 Å². The first kappa shape index (κ1) is 17.0. The highest BCUT2D eigenvalue weighted by molar-refractivity contribution is 5.92. The number of carboxylic acids is 1. The van der Waals surface area contributed by atoms with E-state index in [2.05, 4.69) is 15.3 Å². The molecule has 1 fully saturated rings. The number of carbonyl (C=O) groups excluding carboxylic acids is 1. The molecule has 0 saturated carbocycles. The smallest absolute Gasteiger partial charge is 0.451 e. The topological polar surface area (TPSA) is 95.4 Å². The van der Waals surface area contributed by atoms with E-state index in [1.807, 2.05) is 0 Å². The van der Waals surface area contributed by atoms with Gasteiger partial charge in [0, 0.05) is 32.3 Å². The number of alkyl halides is 3. The summed E-state index contributed by atoms with van der Waals surface area (Å²) in [4.78, 5) is 30.3. The summed E-state index contributed by atoms with van der Waals surface area (Å²) in [7, 11) is 0. The molecule has 2 heterocycles. The normalized spacial score (nSPS) is 16.3. The Labute approximate surface area is 129 Å². The van der Waals surface area contributed by atoms with Gasteiger partial charge in [-0.3, -0.25) is 4.79 Å². The molecule has 1 amide bonds.